The van der Waals surface area contributed by atoms with Gasteiger partial charge in [0.2, 0.25) is 0 Å². The molecule has 32 heavy (non-hydrogen) atoms. The monoisotopic (exact) mass is 437 g/mol. The SMILES string of the molecule is CCN(CC)C(=O)c1ccc(CNC(=NC)N2CCN(c3cccc(OC)c3)CC2)cc1. The molecule has 0 atom stereocenters. The normalized spacial score (nSPS) is 14.3. The van der Waals surface area contributed by atoms with Gasteiger partial charge in [-0.1, -0.05) is 18.2 Å². The summed E-state index contributed by atoms with van der Waals surface area (Å²) in [6.07, 6.45) is 0. The van der Waals surface area contributed by atoms with E-state index in [0.717, 1.165) is 62.1 Å². The van der Waals surface area contributed by atoms with Crippen LogP contribution in [0.3, 0.4) is 0 Å². The van der Waals surface area contributed by atoms with Gasteiger partial charge in [0.25, 0.3) is 5.91 Å². The molecule has 0 unspecified atom stereocenters. The Balaban J connectivity index is 1.52. The molecule has 1 saturated heterocycles. The van der Waals surface area contributed by atoms with Crippen LogP contribution in [0.15, 0.2) is 53.5 Å². The number of hydrogen-bond acceptors (Lipinski definition) is 4. The molecule has 3 rings (SSSR count). The highest BCUT2D eigenvalue weighted by molar-refractivity contribution is 5.94. The average Bonchev–Trinajstić information content (AvgIpc) is 2.86. The molecule has 0 bridgehead atoms. The van der Waals surface area contributed by atoms with E-state index in [0.29, 0.717) is 6.54 Å². The molecule has 0 radical (unpaired) electrons. The van der Waals surface area contributed by atoms with Crippen LogP contribution in [0.2, 0.25) is 0 Å². The van der Waals surface area contributed by atoms with Crippen molar-refractivity contribution < 1.29 is 9.53 Å². The second-order valence-corrected chi connectivity index (χ2v) is 7.75. The molecule has 1 aliphatic rings. The summed E-state index contributed by atoms with van der Waals surface area (Å²) in [7, 11) is 3.52. The third-order valence-electron chi connectivity index (χ3n) is 5.91. The number of aliphatic imine (C=N–C) groups is 1. The van der Waals surface area contributed by atoms with Crippen molar-refractivity contribution >= 4 is 17.6 Å². The Bertz CT molecular complexity index is 901. The smallest absolute Gasteiger partial charge is 0.253 e. The number of amides is 1. The topological polar surface area (TPSA) is 60.4 Å². The van der Waals surface area contributed by atoms with Crippen molar-refractivity contribution in [2.24, 2.45) is 4.99 Å². The largest absolute Gasteiger partial charge is 0.497 e. The van der Waals surface area contributed by atoms with Crippen LogP contribution in [0.4, 0.5) is 5.69 Å². The number of carbonyl (C=O) groups is 1. The molecule has 1 N–H and O–H groups in total. The minimum absolute atomic E-state index is 0.0826. The zero-order valence-electron chi connectivity index (χ0n) is 19.7. The van der Waals surface area contributed by atoms with Crippen LogP contribution in [0.5, 0.6) is 5.75 Å². The van der Waals surface area contributed by atoms with Gasteiger partial charge in [0.1, 0.15) is 5.75 Å². The summed E-state index contributed by atoms with van der Waals surface area (Å²) in [4.78, 5) is 23.4. The number of benzene rings is 2. The first-order valence-electron chi connectivity index (χ1n) is 11.3. The summed E-state index contributed by atoms with van der Waals surface area (Å²) in [5, 5.41) is 3.46. The lowest BCUT2D eigenvalue weighted by Gasteiger charge is -2.37. The number of nitrogens with zero attached hydrogens (tertiary/aromatic N) is 4. The van der Waals surface area contributed by atoms with Gasteiger partial charge in [0.15, 0.2) is 5.96 Å². The van der Waals surface area contributed by atoms with E-state index in [9.17, 15) is 4.79 Å². The Morgan fingerprint density at radius 2 is 1.75 bits per heavy atom. The van der Waals surface area contributed by atoms with Gasteiger partial charge in [-0.25, -0.2) is 0 Å². The maximum absolute atomic E-state index is 12.5. The number of piperazine rings is 1. The van der Waals surface area contributed by atoms with E-state index in [1.165, 1.54) is 5.69 Å². The van der Waals surface area contributed by atoms with Crippen LogP contribution in [-0.4, -0.2) is 75.1 Å². The molecular weight excluding hydrogens is 402 g/mol. The first-order chi connectivity index (χ1) is 15.6. The molecule has 0 saturated carbocycles. The number of anilines is 1. The summed E-state index contributed by atoms with van der Waals surface area (Å²) in [5.41, 5.74) is 3.04. The van der Waals surface area contributed by atoms with Crippen molar-refractivity contribution in [2.45, 2.75) is 20.4 Å². The molecule has 1 aliphatic heterocycles. The van der Waals surface area contributed by atoms with Gasteiger partial charge in [-0.3, -0.25) is 9.79 Å². The molecule has 7 nitrogen and oxygen atoms in total. The zero-order valence-corrected chi connectivity index (χ0v) is 19.7. The number of nitrogens with one attached hydrogen (secondary N) is 1. The fourth-order valence-corrected chi connectivity index (χ4v) is 3.96. The number of carbonyl (C=O) groups excluding carboxylic acids is 1. The highest BCUT2D eigenvalue weighted by Crippen LogP contribution is 2.22. The molecule has 0 spiro atoms. The summed E-state index contributed by atoms with van der Waals surface area (Å²) >= 11 is 0. The predicted molar refractivity (Wildman–Crippen MR) is 131 cm³/mol. The lowest BCUT2D eigenvalue weighted by Crippen LogP contribution is -2.52. The Morgan fingerprint density at radius 3 is 2.34 bits per heavy atom. The van der Waals surface area contributed by atoms with Crippen molar-refractivity contribution in [1.29, 1.82) is 0 Å². The second-order valence-electron chi connectivity index (χ2n) is 7.75. The van der Waals surface area contributed by atoms with Crippen LogP contribution in [0, 0.1) is 0 Å². The highest BCUT2D eigenvalue weighted by Gasteiger charge is 2.20. The lowest BCUT2D eigenvalue weighted by atomic mass is 10.1. The van der Waals surface area contributed by atoms with Crippen LogP contribution in [-0.2, 0) is 6.54 Å². The van der Waals surface area contributed by atoms with Crippen molar-refractivity contribution in [2.75, 3.05) is 58.3 Å². The Morgan fingerprint density at radius 1 is 1.06 bits per heavy atom. The number of rotatable bonds is 7. The number of hydrogen-bond donors (Lipinski definition) is 1. The quantitative estimate of drug-likeness (QED) is 0.533. The fourth-order valence-electron chi connectivity index (χ4n) is 3.96. The van der Waals surface area contributed by atoms with E-state index in [4.69, 9.17) is 4.74 Å². The van der Waals surface area contributed by atoms with Crippen LogP contribution < -0.4 is 15.0 Å². The van der Waals surface area contributed by atoms with Crippen LogP contribution in [0.1, 0.15) is 29.8 Å². The van der Waals surface area contributed by atoms with Crippen molar-refractivity contribution in [3.05, 3.63) is 59.7 Å². The number of guanidine groups is 1. The zero-order chi connectivity index (χ0) is 22.9. The Hall–Kier alpha value is -3.22. The van der Waals surface area contributed by atoms with Crippen LogP contribution >= 0.6 is 0 Å². The summed E-state index contributed by atoms with van der Waals surface area (Å²) in [6, 6.07) is 16.0. The molecule has 1 fully saturated rings. The standard InChI is InChI=1S/C25H35N5O2/c1-5-28(6-2)24(31)21-12-10-20(11-13-21)19-27-25(26-3)30-16-14-29(15-17-30)22-8-7-9-23(18-22)32-4/h7-13,18H,5-6,14-17,19H2,1-4H3,(H,26,27). The molecular formula is C25H35N5O2. The molecule has 0 aliphatic carbocycles. The van der Waals surface area contributed by atoms with Gasteiger partial charge in [-0.15, -0.1) is 0 Å². The predicted octanol–water partition coefficient (Wildman–Crippen LogP) is 3.07. The molecule has 1 amide bonds. The van der Waals surface area contributed by atoms with Crippen molar-refractivity contribution in [3.63, 3.8) is 0 Å². The first kappa shape index (κ1) is 23.4. The summed E-state index contributed by atoms with van der Waals surface area (Å²) < 4.78 is 5.35. The minimum Gasteiger partial charge on any atom is -0.497 e. The molecule has 7 heteroatoms. The van der Waals surface area contributed by atoms with E-state index < -0.39 is 0 Å². The maximum Gasteiger partial charge on any atom is 0.253 e. The molecule has 2 aromatic carbocycles. The lowest BCUT2D eigenvalue weighted by molar-refractivity contribution is 0.0773. The summed E-state index contributed by atoms with van der Waals surface area (Å²) in [6.45, 7) is 9.76. The Labute approximate surface area is 191 Å². The van der Waals surface area contributed by atoms with Gasteiger partial charge < -0.3 is 24.8 Å². The van der Waals surface area contributed by atoms with Gasteiger partial charge in [0, 0.05) is 70.2 Å². The maximum atomic E-state index is 12.5. The van der Waals surface area contributed by atoms with Gasteiger partial charge >= 0.3 is 0 Å². The Kier molecular flexibility index (Phi) is 8.36. The molecule has 1 heterocycles. The van der Waals surface area contributed by atoms with Crippen molar-refractivity contribution in [3.8, 4) is 5.75 Å². The highest BCUT2D eigenvalue weighted by atomic mass is 16.5. The van der Waals surface area contributed by atoms with E-state index in [1.807, 2.05) is 62.2 Å². The van der Waals surface area contributed by atoms with Gasteiger partial charge in [0.05, 0.1) is 7.11 Å². The molecule has 2 aromatic rings. The first-order valence-corrected chi connectivity index (χ1v) is 11.3. The van der Waals surface area contributed by atoms with E-state index in [2.05, 4.69) is 32.2 Å². The van der Waals surface area contributed by atoms with Crippen LogP contribution in [0.25, 0.3) is 0 Å². The van der Waals surface area contributed by atoms with E-state index in [-0.39, 0.29) is 5.91 Å². The third-order valence-corrected chi connectivity index (χ3v) is 5.91. The summed E-state index contributed by atoms with van der Waals surface area (Å²) in [5.74, 6) is 1.87. The third kappa shape index (κ3) is 5.72. The number of methoxy groups -OCH3 is 1. The minimum atomic E-state index is 0.0826. The van der Waals surface area contributed by atoms with E-state index >= 15 is 0 Å². The molecule has 172 valence electrons. The number of ether oxygens (including phenoxy) is 1. The van der Waals surface area contributed by atoms with Gasteiger partial charge in [-0.2, -0.15) is 0 Å². The fraction of sp³-hybridized carbons (Fsp3) is 0.440. The molecule has 0 aromatic heterocycles. The second kappa shape index (κ2) is 11.4. The average molecular weight is 438 g/mol. The van der Waals surface area contributed by atoms with Gasteiger partial charge in [-0.05, 0) is 43.7 Å². The van der Waals surface area contributed by atoms with Crippen molar-refractivity contribution in [1.82, 2.24) is 15.1 Å². The van der Waals surface area contributed by atoms with E-state index in [1.54, 1.807) is 7.11 Å².